The summed E-state index contributed by atoms with van der Waals surface area (Å²) < 4.78 is 4.58. The highest BCUT2D eigenvalue weighted by Crippen LogP contribution is 2.07. The molecular formula is C11H11ClO2. The van der Waals surface area contributed by atoms with Crippen molar-refractivity contribution in [3.8, 4) is 0 Å². The van der Waals surface area contributed by atoms with Gasteiger partial charge in [-0.05, 0) is 17.7 Å². The fourth-order valence-corrected chi connectivity index (χ4v) is 1.12. The van der Waals surface area contributed by atoms with Gasteiger partial charge in [-0.1, -0.05) is 24.3 Å². The number of hydrogen-bond donors (Lipinski definition) is 0. The first-order chi connectivity index (χ1) is 6.77. The summed E-state index contributed by atoms with van der Waals surface area (Å²) in [6, 6.07) is 7.13. The number of carbonyl (C=O) groups excluding carboxylic acids is 1. The first-order valence-electron chi connectivity index (χ1n) is 4.19. The molecule has 1 aromatic carbocycles. The van der Waals surface area contributed by atoms with Crippen LogP contribution in [-0.2, 0) is 4.74 Å². The van der Waals surface area contributed by atoms with Gasteiger partial charge < -0.3 is 4.74 Å². The van der Waals surface area contributed by atoms with Crippen molar-refractivity contribution in [1.29, 1.82) is 0 Å². The summed E-state index contributed by atoms with van der Waals surface area (Å²) in [7, 11) is 1.36. The number of alkyl halides is 1. The average Bonchev–Trinajstić information content (AvgIpc) is 2.26. The molecule has 1 rings (SSSR count). The zero-order valence-corrected chi connectivity index (χ0v) is 8.62. The van der Waals surface area contributed by atoms with Gasteiger partial charge in [-0.15, -0.1) is 11.6 Å². The Morgan fingerprint density at radius 2 is 2.07 bits per heavy atom. The lowest BCUT2D eigenvalue weighted by atomic mass is 10.1. The fourth-order valence-electron chi connectivity index (χ4n) is 1.03. The van der Waals surface area contributed by atoms with Crippen molar-refractivity contribution in [3.63, 3.8) is 0 Å². The Morgan fingerprint density at radius 1 is 1.43 bits per heavy atom. The van der Waals surface area contributed by atoms with Gasteiger partial charge in [0.15, 0.2) is 0 Å². The van der Waals surface area contributed by atoms with Gasteiger partial charge in [-0.2, -0.15) is 0 Å². The Kier molecular flexibility index (Phi) is 4.20. The van der Waals surface area contributed by atoms with Gasteiger partial charge in [0.2, 0.25) is 0 Å². The van der Waals surface area contributed by atoms with Gasteiger partial charge >= 0.3 is 5.97 Å². The van der Waals surface area contributed by atoms with Gasteiger partial charge in [0.05, 0.1) is 12.7 Å². The van der Waals surface area contributed by atoms with Gasteiger partial charge in [-0.25, -0.2) is 4.79 Å². The summed E-state index contributed by atoms with van der Waals surface area (Å²) in [5, 5.41) is 0. The Bertz CT molecular complexity index is 328. The SMILES string of the molecule is COC(=O)c1ccc(/C=C/CCl)cc1. The van der Waals surface area contributed by atoms with E-state index in [0.717, 1.165) is 5.56 Å². The zero-order valence-electron chi connectivity index (χ0n) is 7.87. The fraction of sp³-hybridized carbons (Fsp3) is 0.182. The van der Waals surface area contributed by atoms with E-state index in [4.69, 9.17) is 11.6 Å². The number of carbonyl (C=O) groups is 1. The minimum atomic E-state index is -0.321. The number of ether oxygens (including phenoxy) is 1. The van der Waals surface area contributed by atoms with Crippen LogP contribution in [0.15, 0.2) is 30.3 Å². The van der Waals surface area contributed by atoms with E-state index in [1.165, 1.54) is 7.11 Å². The normalized spacial score (nSPS) is 10.4. The van der Waals surface area contributed by atoms with Crippen molar-refractivity contribution in [2.75, 3.05) is 13.0 Å². The average molecular weight is 211 g/mol. The van der Waals surface area contributed by atoms with E-state index in [-0.39, 0.29) is 5.97 Å². The maximum Gasteiger partial charge on any atom is 0.337 e. The molecule has 0 bridgehead atoms. The molecule has 0 atom stereocenters. The number of allylic oxidation sites excluding steroid dienone is 1. The molecule has 14 heavy (non-hydrogen) atoms. The quantitative estimate of drug-likeness (QED) is 0.567. The molecule has 1 aromatic rings. The molecule has 0 saturated carbocycles. The predicted molar refractivity (Wildman–Crippen MR) is 57.5 cm³/mol. The van der Waals surface area contributed by atoms with Crippen molar-refractivity contribution in [3.05, 3.63) is 41.5 Å². The van der Waals surface area contributed by atoms with Crippen molar-refractivity contribution in [2.24, 2.45) is 0 Å². The molecule has 0 unspecified atom stereocenters. The van der Waals surface area contributed by atoms with Crippen LogP contribution in [0.1, 0.15) is 15.9 Å². The van der Waals surface area contributed by atoms with E-state index >= 15 is 0 Å². The lowest BCUT2D eigenvalue weighted by Crippen LogP contribution is -2.00. The molecule has 2 nitrogen and oxygen atoms in total. The van der Waals surface area contributed by atoms with E-state index in [9.17, 15) is 4.79 Å². The highest BCUT2D eigenvalue weighted by Gasteiger charge is 2.02. The van der Waals surface area contributed by atoms with E-state index in [1.54, 1.807) is 12.1 Å². The van der Waals surface area contributed by atoms with Crippen LogP contribution in [0, 0.1) is 0 Å². The predicted octanol–water partition coefficient (Wildman–Crippen LogP) is 2.73. The first kappa shape index (κ1) is 10.8. The molecule has 74 valence electrons. The monoisotopic (exact) mass is 210 g/mol. The maximum atomic E-state index is 11.1. The molecule has 0 spiro atoms. The number of rotatable bonds is 3. The highest BCUT2D eigenvalue weighted by atomic mass is 35.5. The third-order valence-electron chi connectivity index (χ3n) is 1.73. The third-order valence-corrected chi connectivity index (χ3v) is 1.91. The van der Waals surface area contributed by atoms with Crippen LogP contribution in [0.2, 0.25) is 0 Å². The summed E-state index contributed by atoms with van der Waals surface area (Å²) >= 11 is 5.49. The van der Waals surface area contributed by atoms with Crippen molar-refractivity contribution in [2.45, 2.75) is 0 Å². The molecule has 0 radical (unpaired) electrons. The Morgan fingerprint density at radius 3 is 2.57 bits per heavy atom. The molecule has 0 amide bonds. The van der Waals surface area contributed by atoms with Crippen LogP contribution in [0.4, 0.5) is 0 Å². The Hall–Kier alpha value is -1.28. The summed E-state index contributed by atoms with van der Waals surface area (Å²) in [6.07, 6.45) is 3.74. The minimum absolute atomic E-state index is 0.321. The zero-order chi connectivity index (χ0) is 10.4. The molecule has 0 fully saturated rings. The number of benzene rings is 1. The van der Waals surface area contributed by atoms with E-state index in [2.05, 4.69) is 4.74 Å². The second kappa shape index (κ2) is 5.45. The smallest absolute Gasteiger partial charge is 0.337 e. The highest BCUT2D eigenvalue weighted by molar-refractivity contribution is 6.19. The number of methoxy groups -OCH3 is 1. The standard InChI is InChI=1S/C11H11ClO2/c1-14-11(13)10-6-4-9(5-7-10)3-2-8-12/h2-7H,8H2,1H3/b3-2+. The van der Waals surface area contributed by atoms with Crippen LogP contribution >= 0.6 is 11.6 Å². The number of esters is 1. The first-order valence-corrected chi connectivity index (χ1v) is 4.72. The van der Waals surface area contributed by atoms with Crippen molar-refractivity contribution in [1.82, 2.24) is 0 Å². The minimum Gasteiger partial charge on any atom is -0.465 e. The lowest BCUT2D eigenvalue weighted by molar-refractivity contribution is 0.0601. The Balaban J connectivity index is 2.78. The summed E-state index contributed by atoms with van der Waals surface area (Å²) in [4.78, 5) is 11.1. The topological polar surface area (TPSA) is 26.3 Å². The van der Waals surface area contributed by atoms with Crippen molar-refractivity contribution < 1.29 is 9.53 Å². The molecule has 0 aliphatic heterocycles. The van der Waals surface area contributed by atoms with Gasteiger partial charge in [0, 0.05) is 5.88 Å². The summed E-state index contributed by atoms with van der Waals surface area (Å²) in [6.45, 7) is 0. The Labute approximate surface area is 88.1 Å². The van der Waals surface area contributed by atoms with E-state index in [1.807, 2.05) is 24.3 Å². The molecule has 0 heterocycles. The molecule has 0 aliphatic rings. The van der Waals surface area contributed by atoms with Crippen LogP contribution in [0.3, 0.4) is 0 Å². The van der Waals surface area contributed by atoms with Crippen LogP contribution in [0.25, 0.3) is 6.08 Å². The van der Waals surface area contributed by atoms with Gasteiger partial charge in [0.25, 0.3) is 0 Å². The van der Waals surface area contributed by atoms with Gasteiger partial charge in [0.1, 0.15) is 0 Å². The van der Waals surface area contributed by atoms with Crippen LogP contribution in [0.5, 0.6) is 0 Å². The molecule has 0 aliphatic carbocycles. The molecular weight excluding hydrogens is 200 g/mol. The number of hydrogen-bond acceptors (Lipinski definition) is 2. The maximum absolute atomic E-state index is 11.1. The third kappa shape index (κ3) is 2.89. The second-order valence-corrected chi connectivity index (χ2v) is 2.98. The van der Waals surface area contributed by atoms with E-state index in [0.29, 0.717) is 11.4 Å². The second-order valence-electron chi connectivity index (χ2n) is 2.67. The molecule has 0 N–H and O–H groups in total. The van der Waals surface area contributed by atoms with Crippen molar-refractivity contribution >= 4 is 23.6 Å². The van der Waals surface area contributed by atoms with E-state index < -0.39 is 0 Å². The summed E-state index contributed by atoms with van der Waals surface area (Å²) in [5.74, 6) is 0.163. The van der Waals surface area contributed by atoms with Crippen LogP contribution < -0.4 is 0 Å². The largest absolute Gasteiger partial charge is 0.465 e. The van der Waals surface area contributed by atoms with Crippen LogP contribution in [-0.4, -0.2) is 19.0 Å². The molecule has 0 saturated heterocycles. The lowest BCUT2D eigenvalue weighted by Gasteiger charge is -1.98. The van der Waals surface area contributed by atoms with Gasteiger partial charge in [-0.3, -0.25) is 0 Å². The number of halogens is 1. The summed E-state index contributed by atoms with van der Waals surface area (Å²) in [5.41, 5.74) is 1.56. The molecule has 0 aromatic heterocycles. The molecule has 3 heteroatoms.